The summed E-state index contributed by atoms with van der Waals surface area (Å²) in [5.41, 5.74) is 4.04. The highest BCUT2D eigenvalue weighted by molar-refractivity contribution is 7.45. The maximum absolute atomic E-state index is 8.88. The Labute approximate surface area is 215 Å². The third kappa shape index (κ3) is 7.64. The summed E-state index contributed by atoms with van der Waals surface area (Å²) in [6.07, 6.45) is 0. The normalized spacial score (nSPS) is 10.7. The van der Waals surface area contributed by atoms with Gasteiger partial charge in [-0.25, -0.2) is 4.57 Å². The Balaban J connectivity index is 0.000000586. The third-order valence-electron chi connectivity index (χ3n) is 5.20. The molecule has 0 radical (unpaired) electrons. The van der Waals surface area contributed by atoms with Crippen molar-refractivity contribution in [1.82, 2.24) is 0 Å². The molecule has 0 unspecified atom stereocenters. The van der Waals surface area contributed by atoms with Gasteiger partial charge in [0.2, 0.25) is 0 Å². The summed E-state index contributed by atoms with van der Waals surface area (Å²) in [6.45, 7) is 0. The first-order chi connectivity index (χ1) is 17.9. The summed E-state index contributed by atoms with van der Waals surface area (Å²) in [7, 11) is -4.64. The summed E-state index contributed by atoms with van der Waals surface area (Å²) in [6, 6.07) is 44.3. The molecule has 5 rings (SSSR count). The molecule has 0 aromatic heterocycles. The van der Waals surface area contributed by atoms with Crippen molar-refractivity contribution in [3.8, 4) is 45.3 Å². The van der Waals surface area contributed by atoms with Gasteiger partial charge < -0.3 is 24.2 Å². The monoisotopic (exact) mass is 512 g/mol. The highest BCUT2D eigenvalue weighted by Gasteiger charge is 2.20. The zero-order chi connectivity index (χ0) is 26.1. The lowest BCUT2D eigenvalue weighted by Crippen LogP contribution is -1.96. The van der Waals surface area contributed by atoms with Crippen LogP contribution in [0.4, 0.5) is 0 Å². The molecule has 0 saturated heterocycles. The summed E-state index contributed by atoms with van der Waals surface area (Å²) in [4.78, 5) is 21.6. The van der Waals surface area contributed by atoms with Crippen molar-refractivity contribution < 1.29 is 28.7 Å². The third-order valence-corrected chi connectivity index (χ3v) is 5.20. The lowest BCUT2D eigenvalue weighted by molar-refractivity contribution is 0.275. The Hall–Kier alpha value is -4.19. The molecule has 0 saturated carbocycles. The van der Waals surface area contributed by atoms with Gasteiger partial charge >= 0.3 is 7.82 Å². The second-order valence-corrected chi connectivity index (χ2v) is 8.92. The minimum absolute atomic E-state index is 0.744. The molecule has 0 aliphatic heterocycles. The number of rotatable bonds is 6. The van der Waals surface area contributed by atoms with Crippen LogP contribution in [0.2, 0.25) is 0 Å². The van der Waals surface area contributed by atoms with E-state index in [4.69, 9.17) is 28.7 Å². The Morgan fingerprint density at radius 2 is 0.892 bits per heavy atom. The molecule has 6 nitrogen and oxygen atoms in total. The van der Waals surface area contributed by atoms with Crippen LogP contribution in [0.5, 0.6) is 23.0 Å². The van der Waals surface area contributed by atoms with Crippen LogP contribution in [0.1, 0.15) is 0 Å². The number of hydrogen-bond acceptors (Lipinski definition) is 3. The fourth-order valence-corrected chi connectivity index (χ4v) is 3.70. The number of hydrogen-bond donors (Lipinski definition) is 3. The molecule has 0 aliphatic carbocycles. The minimum Gasteiger partial charge on any atom is -0.457 e. The molecule has 3 N–H and O–H groups in total. The zero-order valence-electron chi connectivity index (χ0n) is 19.7. The molecule has 0 fully saturated rings. The highest BCUT2D eigenvalue weighted by Crippen LogP contribution is 2.47. The number of phosphoric acid groups is 1. The second kappa shape index (κ2) is 12.2. The number of ether oxygens (including phenoxy) is 2. The fourth-order valence-electron chi connectivity index (χ4n) is 3.70. The number of benzene rings is 5. The largest absolute Gasteiger partial charge is 0.466 e. The van der Waals surface area contributed by atoms with E-state index in [2.05, 4.69) is 30.3 Å². The molecule has 0 amide bonds. The van der Waals surface area contributed by atoms with E-state index in [0.29, 0.717) is 0 Å². The van der Waals surface area contributed by atoms with Gasteiger partial charge in [0.05, 0.1) is 5.56 Å². The van der Waals surface area contributed by atoms with Crippen molar-refractivity contribution in [2.24, 2.45) is 0 Å². The van der Waals surface area contributed by atoms with Crippen LogP contribution in [0.3, 0.4) is 0 Å². The van der Waals surface area contributed by atoms with Gasteiger partial charge in [-0.1, -0.05) is 97.1 Å². The highest BCUT2D eigenvalue weighted by atomic mass is 31.2. The lowest BCUT2D eigenvalue weighted by atomic mass is 9.96. The van der Waals surface area contributed by atoms with E-state index in [-0.39, 0.29) is 0 Å². The molecule has 0 bridgehead atoms. The average Bonchev–Trinajstić information content (AvgIpc) is 2.90. The van der Waals surface area contributed by atoms with Crippen LogP contribution in [0, 0.1) is 0 Å². The van der Waals surface area contributed by atoms with Gasteiger partial charge in [-0.15, -0.1) is 0 Å². The van der Waals surface area contributed by atoms with E-state index in [1.165, 1.54) is 0 Å². The van der Waals surface area contributed by atoms with Gasteiger partial charge in [0.1, 0.15) is 23.0 Å². The van der Waals surface area contributed by atoms with Crippen LogP contribution in [-0.2, 0) is 4.57 Å². The van der Waals surface area contributed by atoms with Gasteiger partial charge in [0.15, 0.2) is 0 Å². The molecule has 186 valence electrons. The minimum atomic E-state index is -4.64. The molecular formula is C30H25O6P. The van der Waals surface area contributed by atoms with Crippen LogP contribution >= 0.6 is 7.82 Å². The van der Waals surface area contributed by atoms with Crippen LogP contribution in [-0.4, -0.2) is 14.7 Å². The lowest BCUT2D eigenvalue weighted by Gasteiger charge is -2.20. The Kier molecular flexibility index (Phi) is 8.52. The molecule has 0 heterocycles. The molecule has 0 aliphatic rings. The van der Waals surface area contributed by atoms with Gasteiger partial charge in [-0.3, -0.25) is 0 Å². The van der Waals surface area contributed by atoms with Crippen molar-refractivity contribution >= 4 is 7.82 Å². The number of para-hydroxylation sites is 2. The van der Waals surface area contributed by atoms with Crippen molar-refractivity contribution in [3.63, 3.8) is 0 Å². The molecule has 37 heavy (non-hydrogen) atoms. The molecule has 5 aromatic rings. The van der Waals surface area contributed by atoms with Crippen molar-refractivity contribution in [2.45, 2.75) is 0 Å². The Morgan fingerprint density at radius 3 is 1.38 bits per heavy atom. The average molecular weight is 512 g/mol. The topological polar surface area (TPSA) is 96.2 Å². The zero-order valence-corrected chi connectivity index (χ0v) is 20.6. The Morgan fingerprint density at radius 1 is 0.486 bits per heavy atom. The first kappa shape index (κ1) is 25.9. The van der Waals surface area contributed by atoms with E-state index in [9.17, 15) is 0 Å². The second-order valence-electron chi connectivity index (χ2n) is 7.89. The van der Waals surface area contributed by atoms with Crippen molar-refractivity contribution in [1.29, 1.82) is 0 Å². The molecular weight excluding hydrogens is 487 g/mol. The molecule has 0 spiro atoms. The van der Waals surface area contributed by atoms with Gasteiger partial charge in [0.25, 0.3) is 0 Å². The smallest absolute Gasteiger partial charge is 0.457 e. The van der Waals surface area contributed by atoms with Crippen LogP contribution in [0.15, 0.2) is 133 Å². The fraction of sp³-hybridized carbons (Fsp3) is 0. The van der Waals surface area contributed by atoms with Crippen molar-refractivity contribution in [3.05, 3.63) is 133 Å². The quantitative estimate of drug-likeness (QED) is 0.202. The summed E-state index contributed by atoms with van der Waals surface area (Å²) < 4.78 is 21.8. The van der Waals surface area contributed by atoms with E-state index in [0.717, 1.165) is 45.3 Å². The Bertz CT molecular complexity index is 1450. The van der Waals surface area contributed by atoms with E-state index in [1.807, 2.05) is 103 Å². The standard InChI is InChI=1S/C30H22O2.H3O4P/c1-5-13-23(14-6-1)27-21-22-28(31-25-17-9-3-10-18-25)29(24-15-7-2-8-16-24)30(27)32-26-19-11-4-12-20-26;1-5(2,3)4/h1-22H;(H3,1,2,3,4). The maximum Gasteiger partial charge on any atom is 0.466 e. The maximum atomic E-state index is 8.88. The SMILES string of the molecule is O=P(O)(O)O.c1ccc(Oc2ccc(-c3ccccc3)c(Oc3ccccc3)c2-c2ccccc2)cc1. The van der Waals surface area contributed by atoms with Gasteiger partial charge in [0, 0.05) is 5.56 Å². The first-order valence-electron chi connectivity index (χ1n) is 11.4. The van der Waals surface area contributed by atoms with E-state index in [1.54, 1.807) is 0 Å². The van der Waals surface area contributed by atoms with Crippen LogP contribution < -0.4 is 9.47 Å². The van der Waals surface area contributed by atoms with E-state index >= 15 is 0 Å². The van der Waals surface area contributed by atoms with Gasteiger partial charge in [-0.2, -0.15) is 0 Å². The predicted molar refractivity (Wildman–Crippen MR) is 145 cm³/mol. The van der Waals surface area contributed by atoms with E-state index < -0.39 is 7.82 Å². The van der Waals surface area contributed by atoms with Crippen molar-refractivity contribution in [2.75, 3.05) is 0 Å². The summed E-state index contributed by atoms with van der Waals surface area (Å²) >= 11 is 0. The molecule has 5 aromatic carbocycles. The summed E-state index contributed by atoms with van der Waals surface area (Å²) in [5, 5.41) is 0. The van der Waals surface area contributed by atoms with Crippen LogP contribution in [0.25, 0.3) is 22.3 Å². The first-order valence-corrected chi connectivity index (χ1v) is 13.0. The molecule has 0 atom stereocenters. The summed E-state index contributed by atoms with van der Waals surface area (Å²) in [5.74, 6) is 3.07. The predicted octanol–water partition coefficient (Wildman–Crippen LogP) is 7.68. The van der Waals surface area contributed by atoms with Gasteiger partial charge in [-0.05, 0) is 47.5 Å². The molecule has 7 heteroatoms.